The Balaban J connectivity index is 3.15. The van der Waals surface area contributed by atoms with Gasteiger partial charge in [-0.05, 0) is 26.9 Å². The van der Waals surface area contributed by atoms with E-state index in [1.165, 1.54) is 38.2 Å². The van der Waals surface area contributed by atoms with E-state index in [0.717, 1.165) is 25.7 Å². The van der Waals surface area contributed by atoms with Gasteiger partial charge in [-0.25, -0.2) is 4.79 Å². The molecule has 0 rings (SSSR count). The van der Waals surface area contributed by atoms with Gasteiger partial charge in [-0.3, -0.25) is 9.69 Å². The van der Waals surface area contributed by atoms with Gasteiger partial charge in [0.1, 0.15) is 0 Å². The maximum absolute atomic E-state index is 11.3. The molecule has 0 aliphatic heterocycles. The smallest absolute Gasteiger partial charge is 0.330 e. The maximum Gasteiger partial charge on any atom is 0.330 e. The highest BCUT2D eigenvalue weighted by Gasteiger charge is 2.03. The fourth-order valence-corrected chi connectivity index (χ4v) is 2.16. The summed E-state index contributed by atoms with van der Waals surface area (Å²) in [5, 5.41) is 0. The zero-order chi connectivity index (χ0) is 17.3. The number of rotatable bonds is 15. The van der Waals surface area contributed by atoms with Crippen LogP contribution in [-0.4, -0.2) is 50.7 Å². The lowest BCUT2D eigenvalue weighted by molar-refractivity contribution is -0.144. The van der Waals surface area contributed by atoms with Crippen LogP contribution in [0.3, 0.4) is 0 Å². The Morgan fingerprint density at radius 1 is 0.826 bits per heavy atom. The third kappa shape index (κ3) is 16.8. The predicted octanol–water partition coefficient (Wildman–Crippen LogP) is 3.33. The number of esters is 2. The fourth-order valence-electron chi connectivity index (χ4n) is 2.16. The molecule has 23 heavy (non-hydrogen) atoms. The molecule has 0 unspecified atom stereocenters. The first kappa shape index (κ1) is 21.6. The van der Waals surface area contributed by atoms with Gasteiger partial charge in [0.05, 0.1) is 19.8 Å². The Morgan fingerprint density at radius 2 is 1.26 bits per heavy atom. The molecule has 0 saturated heterocycles. The number of carbonyl (C=O) groups excluding carboxylic acids is 2. The van der Waals surface area contributed by atoms with Crippen LogP contribution in [0.5, 0.6) is 0 Å². The van der Waals surface area contributed by atoms with Crippen molar-refractivity contribution in [3.05, 3.63) is 12.7 Å². The molecule has 0 atom stereocenters. The zero-order valence-corrected chi connectivity index (χ0v) is 14.8. The second-order valence-electron chi connectivity index (χ2n) is 6.01. The van der Waals surface area contributed by atoms with Crippen LogP contribution in [0.4, 0.5) is 0 Å². The van der Waals surface area contributed by atoms with Crippen LogP contribution in [0.15, 0.2) is 12.7 Å². The Hall–Kier alpha value is -1.36. The molecule has 0 amide bonds. The number of hydrogen-bond acceptors (Lipinski definition) is 5. The van der Waals surface area contributed by atoms with Crippen molar-refractivity contribution in [2.75, 3.05) is 33.9 Å². The van der Waals surface area contributed by atoms with Crippen molar-refractivity contribution in [2.45, 2.75) is 57.8 Å². The van der Waals surface area contributed by atoms with Crippen molar-refractivity contribution < 1.29 is 19.1 Å². The van der Waals surface area contributed by atoms with E-state index in [4.69, 9.17) is 9.47 Å². The van der Waals surface area contributed by atoms with E-state index >= 15 is 0 Å². The summed E-state index contributed by atoms with van der Waals surface area (Å²) in [7, 11) is 3.71. The summed E-state index contributed by atoms with van der Waals surface area (Å²) in [5.74, 6) is -0.480. The van der Waals surface area contributed by atoms with Crippen LogP contribution >= 0.6 is 0 Å². The summed E-state index contributed by atoms with van der Waals surface area (Å²) in [4.78, 5) is 23.9. The van der Waals surface area contributed by atoms with E-state index in [9.17, 15) is 9.59 Å². The number of hydrogen-bond donors (Lipinski definition) is 0. The molecule has 0 saturated carbocycles. The van der Waals surface area contributed by atoms with E-state index in [0.29, 0.717) is 19.8 Å². The molecule has 0 heterocycles. The van der Waals surface area contributed by atoms with Gasteiger partial charge in [0, 0.05) is 6.08 Å². The van der Waals surface area contributed by atoms with E-state index in [1.807, 2.05) is 19.0 Å². The monoisotopic (exact) mass is 327 g/mol. The van der Waals surface area contributed by atoms with Crippen LogP contribution < -0.4 is 0 Å². The van der Waals surface area contributed by atoms with Crippen molar-refractivity contribution in [1.82, 2.24) is 4.90 Å². The molecule has 134 valence electrons. The summed E-state index contributed by atoms with van der Waals surface area (Å²) < 4.78 is 10.1. The minimum atomic E-state index is -0.336. The average molecular weight is 327 g/mol. The molecule has 0 aromatic heterocycles. The van der Waals surface area contributed by atoms with Crippen molar-refractivity contribution in [2.24, 2.45) is 0 Å². The molecular weight excluding hydrogens is 294 g/mol. The normalized spacial score (nSPS) is 10.6. The van der Waals surface area contributed by atoms with E-state index < -0.39 is 0 Å². The largest absolute Gasteiger partial charge is 0.465 e. The first-order valence-corrected chi connectivity index (χ1v) is 8.65. The summed E-state index contributed by atoms with van der Waals surface area (Å²) >= 11 is 0. The second kappa shape index (κ2) is 15.5. The lowest BCUT2D eigenvalue weighted by Gasteiger charge is -2.09. The van der Waals surface area contributed by atoms with Crippen LogP contribution in [0, 0.1) is 0 Å². The number of ether oxygens (including phenoxy) is 2. The maximum atomic E-state index is 11.3. The topological polar surface area (TPSA) is 55.8 Å². The standard InChI is InChI=1S/C18H33NO4/c1-4-17(20)22-14-12-10-8-6-5-7-9-11-13-15-23-18(21)16-19(2)3/h4H,1,5-16H2,2-3H3. The van der Waals surface area contributed by atoms with E-state index in [2.05, 4.69) is 6.58 Å². The van der Waals surface area contributed by atoms with Gasteiger partial charge in [0.25, 0.3) is 0 Å². The van der Waals surface area contributed by atoms with Crippen LogP contribution in [0.2, 0.25) is 0 Å². The van der Waals surface area contributed by atoms with Gasteiger partial charge < -0.3 is 9.47 Å². The summed E-state index contributed by atoms with van der Waals surface area (Å²) in [5.41, 5.74) is 0. The van der Waals surface area contributed by atoms with E-state index in [-0.39, 0.29) is 11.9 Å². The van der Waals surface area contributed by atoms with Gasteiger partial charge in [0.15, 0.2) is 0 Å². The molecule has 5 heteroatoms. The molecule has 0 spiro atoms. The summed E-state index contributed by atoms with van der Waals surface area (Å²) in [6, 6.07) is 0. The zero-order valence-electron chi connectivity index (χ0n) is 14.8. The van der Waals surface area contributed by atoms with Crippen LogP contribution in [-0.2, 0) is 19.1 Å². The average Bonchev–Trinajstić information content (AvgIpc) is 2.50. The third-order valence-corrected chi connectivity index (χ3v) is 3.41. The summed E-state index contributed by atoms with van der Waals surface area (Å²) in [6.45, 7) is 4.74. The van der Waals surface area contributed by atoms with E-state index in [1.54, 1.807) is 0 Å². The van der Waals surface area contributed by atoms with Crippen molar-refractivity contribution >= 4 is 11.9 Å². The lowest BCUT2D eigenvalue weighted by atomic mass is 10.1. The van der Waals surface area contributed by atoms with Gasteiger partial charge in [-0.15, -0.1) is 0 Å². The predicted molar refractivity (Wildman–Crippen MR) is 92.2 cm³/mol. The highest BCUT2D eigenvalue weighted by molar-refractivity contribution is 5.81. The molecule has 0 N–H and O–H groups in total. The number of unbranched alkanes of at least 4 members (excludes halogenated alkanes) is 8. The summed E-state index contributed by atoms with van der Waals surface area (Å²) in [6.07, 6.45) is 11.4. The molecular formula is C18H33NO4. The van der Waals surface area contributed by atoms with Crippen molar-refractivity contribution in [1.29, 1.82) is 0 Å². The number of nitrogens with zero attached hydrogens (tertiary/aromatic N) is 1. The Labute approximate surface area is 141 Å². The third-order valence-electron chi connectivity index (χ3n) is 3.41. The van der Waals surface area contributed by atoms with Gasteiger partial charge >= 0.3 is 11.9 Å². The van der Waals surface area contributed by atoms with Gasteiger partial charge in [0.2, 0.25) is 0 Å². The molecule has 0 aliphatic carbocycles. The fraction of sp³-hybridized carbons (Fsp3) is 0.778. The Bertz CT molecular complexity index is 329. The molecule has 0 aromatic carbocycles. The molecule has 0 aliphatic rings. The van der Waals surface area contributed by atoms with Crippen molar-refractivity contribution in [3.63, 3.8) is 0 Å². The number of carbonyl (C=O) groups is 2. The highest BCUT2D eigenvalue weighted by Crippen LogP contribution is 2.10. The highest BCUT2D eigenvalue weighted by atomic mass is 16.5. The SMILES string of the molecule is C=CC(=O)OCCCCCCCCCCCOC(=O)CN(C)C. The molecule has 0 fully saturated rings. The first-order chi connectivity index (χ1) is 11.1. The Morgan fingerprint density at radius 3 is 1.70 bits per heavy atom. The first-order valence-electron chi connectivity index (χ1n) is 8.65. The molecule has 5 nitrogen and oxygen atoms in total. The van der Waals surface area contributed by atoms with Crippen molar-refractivity contribution in [3.8, 4) is 0 Å². The minimum Gasteiger partial charge on any atom is -0.465 e. The van der Waals surface area contributed by atoms with Crippen LogP contribution in [0.25, 0.3) is 0 Å². The van der Waals surface area contributed by atoms with Gasteiger partial charge in [-0.2, -0.15) is 0 Å². The van der Waals surface area contributed by atoms with Crippen LogP contribution in [0.1, 0.15) is 57.8 Å². The number of likely N-dealkylation sites (N-methyl/N-ethyl adjacent to an activating group) is 1. The lowest BCUT2D eigenvalue weighted by Crippen LogP contribution is -2.23. The molecule has 0 radical (unpaired) electrons. The van der Waals surface area contributed by atoms with Gasteiger partial charge in [-0.1, -0.05) is 51.5 Å². The second-order valence-corrected chi connectivity index (χ2v) is 6.01. The quantitative estimate of drug-likeness (QED) is 0.262. The molecule has 0 bridgehead atoms. The molecule has 0 aromatic rings. The Kier molecular flexibility index (Phi) is 14.6. The minimum absolute atomic E-state index is 0.145.